The maximum Gasteiger partial charge on any atom is 0.235 e. The van der Waals surface area contributed by atoms with Crippen molar-refractivity contribution in [3.63, 3.8) is 0 Å². The molecule has 0 saturated heterocycles. The first-order chi connectivity index (χ1) is 8.56. The molecule has 0 unspecified atom stereocenters. The van der Waals surface area contributed by atoms with Gasteiger partial charge in [-0.3, -0.25) is 9.48 Å². The van der Waals surface area contributed by atoms with Crippen LogP contribution in [0.3, 0.4) is 0 Å². The van der Waals surface area contributed by atoms with Gasteiger partial charge in [-0.25, -0.2) is 9.67 Å². The number of amides is 1. The fourth-order valence-electron chi connectivity index (χ4n) is 1.45. The van der Waals surface area contributed by atoms with Gasteiger partial charge in [0.1, 0.15) is 12.1 Å². The number of rotatable bonds is 4. The molecule has 1 amide bonds. The second-order valence-electron chi connectivity index (χ2n) is 3.80. The van der Waals surface area contributed by atoms with Crippen LogP contribution in [0.1, 0.15) is 5.69 Å². The molecule has 0 fully saturated rings. The molecular weight excluding hydrogens is 252 g/mol. The maximum atomic E-state index is 11.7. The predicted molar refractivity (Wildman–Crippen MR) is 68.3 cm³/mol. The van der Waals surface area contributed by atoms with Gasteiger partial charge in [-0.15, -0.1) is 0 Å². The number of anilines is 1. The highest BCUT2D eigenvalue weighted by Gasteiger charge is 2.09. The van der Waals surface area contributed by atoms with Gasteiger partial charge in [-0.05, 0) is 6.92 Å². The summed E-state index contributed by atoms with van der Waals surface area (Å²) in [6, 6.07) is 1.82. The second-order valence-corrected chi connectivity index (χ2v) is 4.74. The summed E-state index contributed by atoms with van der Waals surface area (Å²) in [6.45, 7) is 1.88. The minimum absolute atomic E-state index is 0.0917. The van der Waals surface area contributed by atoms with Gasteiger partial charge in [0.15, 0.2) is 5.16 Å². The normalized spacial score (nSPS) is 10.6. The standard InChI is InChI=1S/C10H14N6OS/c1-7-4-8(15(2)14-7)13-9(17)5-18-10-11-6-12-16(10)3/h4,6H,5H2,1-3H3,(H,13,17). The van der Waals surface area contributed by atoms with Gasteiger partial charge in [0.25, 0.3) is 0 Å². The molecule has 0 radical (unpaired) electrons. The van der Waals surface area contributed by atoms with Crippen molar-refractivity contribution in [2.45, 2.75) is 12.1 Å². The summed E-state index contributed by atoms with van der Waals surface area (Å²) < 4.78 is 3.27. The zero-order valence-corrected chi connectivity index (χ0v) is 11.2. The van der Waals surface area contributed by atoms with Crippen LogP contribution in [-0.2, 0) is 18.9 Å². The largest absolute Gasteiger partial charge is 0.310 e. The molecule has 2 heterocycles. The Hall–Kier alpha value is -1.83. The molecule has 0 aliphatic carbocycles. The molecule has 2 aromatic rings. The molecule has 7 nitrogen and oxygen atoms in total. The Balaban J connectivity index is 1.90. The molecule has 96 valence electrons. The molecule has 1 N–H and O–H groups in total. The van der Waals surface area contributed by atoms with Gasteiger partial charge in [0.05, 0.1) is 11.4 Å². The number of hydrogen-bond donors (Lipinski definition) is 1. The van der Waals surface area contributed by atoms with Crippen molar-refractivity contribution in [2.24, 2.45) is 14.1 Å². The van der Waals surface area contributed by atoms with Crippen LogP contribution in [0.25, 0.3) is 0 Å². The molecule has 0 bridgehead atoms. The van der Waals surface area contributed by atoms with Gasteiger partial charge in [0.2, 0.25) is 5.91 Å². The van der Waals surface area contributed by atoms with Crippen molar-refractivity contribution in [3.05, 3.63) is 18.1 Å². The van der Waals surface area contributed by atoms with Gasteiger partial charge in [-0.1, -0.05) is 11.8 Å². The molecule has 0 spiro atoms. The first kappa shape index (κ1) is 12.6. The van der Waals surface area contributed by atoms with Crippen LogP contribution in [0, 0.1) is 6.92 Å². The van der Waals surface area contributed by atoms with Crippen molar-refractivity contribution in [1.82, 2.24) is 24.5 Å². The number of hydrogen-bond acceptors (Lipinski definition) is 5. The Bertz CT molecular complexity index is 560. The molecule has 0 aliphatic rings. The Labute approximate surface area is 109 Å². The molecule has 8 heteroatoms. The lowest BCUT2D eigenvalue weighted by Gasteiger charge is -2.04. The molecular formula is C10H14N6OS. The number of nitrogens with zero attached hydrogens (tertiary/aromatic N) is 5. The number of carbonyl (C=O) groups is 1. The van der Waals surface area contributed by atoms with Crippen molar-refractivity contribution in [2.75, 3.05) is 11.1 Å². The number of aryl methyl sites for hydroxylation is 3. The lowest BCUT2D eigenvalue weighted by Crippen LogP contribution is -2.16. The van der Waals surface area contributed by atoms with Crippen LogP contribution in [0.4, 0.5) is 5.82 Å². The third-order valence-corrected chi connectivity index (χ3v) is 3.31. The van der Waals surface area contributed by atoms with Crippen LogP contribution in [-0.4, -0.2) is 36.2 Å². The minimum Gasteiger partial charge on any atom is -0.310 e. The van der Waals surface area contributed by atoms with Gasteiger partial charge in [-0.2, -0.15) is 10.2 Å². The number of thioether (sulfide) groups is 1. The van der Waals surface area contributed by atoms with Gasteiger partial charge >= 0.3 is 0 Å². The van der Waals surface area contributed by atoms with Crippen molar-refractivity contribution < 1.29 is 4.79 Å². The molecule has 0 saturated carbocycles. The average molecular weight is 266 g/mol. The quantitative estimate of drug-likeness (QED) is 0.819. The topological polar surface area (TPSA) is 77.6 Å². The molecule has 18 heavy (non-hydrogen) atoms. The van der Waals surface area contributed by atoms with E-state index in [4.69, 9.17) is 0 Å². The summed E-state index contributed by atoms with van der Waals surface area (Å²) in [5.41, 5.74) is 0.869. The highest BCUT2D eigenvalue weighted by Crippen LogP contribution is 2.14. The first-order valence-corrected chi connectivity index (χ1v) is 6.32. The zero-order valence-electron chi connectivity index (χ0n) is 10.4. The lowest BCUT2D eigenvalue weighted by molar-refractivity contribution is -0.113. The smallest absolute Gasteiger partial charge is 0.235 e. The summed E-state index contributed by atoms with van der Waals surface area (Å²) in [5, 5.41) is 11.6. The molecule has 2 rings (SSSR count). The van der Waals surface area contributed by atoms with Crippen molar-refractivity contribution >= 4 is 23.5 Å². The van der Waals surface area contributed by atoms with E-state index in [-0.39, 0.29) is 11.7 Å². The summed E-state index contributed by atoms with van der Waals surface area (Å²) in [7, 11) is 3.58. The van der Waals surface area contributed by atoms with E-state index in [1.54, 1.807) is 23.5 Å². The van der Waals surface area contributed by atoms with E-state index in [0.717, 1.165) is 5.69 Å². The van der Waals surface area contributed by atoms with Crippen LogP contribution in [0.5, 0.6) is 0 Å². The lowest BCUT2D eigenvalue weighted by atomic mass is 10.4. The van der Waals surface area contributed by atoms with E-state index in [2.05, 4.69) is 20.5 Å². The number of carbonyl (C=O) groups excluding carboxylic acids is 1. The summed E-state index contributed by atoms with van der Waals surface area (Å²) in [4.78, 5) is 15.8. The van der Waals surface area contributed by atoms with Crippen molar-refractivity contribution in [3.8, 4) is 0 Å². The summed E-state index contributed by atoms with van der Waals surface area (Å²) >= 11 is 1.34. The van der Waals surface area contributed by atoms with E-state index in [0.29, 0.717) is 11.0 Å². The molecule has 2 aromatic heterocycles. The highest BCUT2D eigenvalue weighted by atomic mass is 32.2. The Morgan fingerprint density at radius 3 is 2.78 bits per heavy atom. The zero-order chi connectivity index (χ0) is 13.1. The third kappa shape index (κ3) is 2.89. The Kier molecular flexibility index (Phi) is 3.66. The second kappa shape index (κ2) is 5.21. The molecule has 0 atom stereocenters. The van der Waals surface area contributed by atoms with E-state index < -0.39 is 0 Å². The van der Waals surface area contributed by atoms with Crippen LogP contribution in [0.15, 0.2) is 17.6 Å². The molecule has 0 aromatic carbocycles. The fraction of sp³-hybridized carbons (Fsp3) is 0.400. The van der Waals surface area contributed by atoms with Crippen LogP contribution < -0.4 is 5.32 Å². The van der Waals surface area contributed by atoms with Crippen LogP contribution in [0.2, 0.25) is 0 Å². The van der Waals surface area contributed by atoms with E-state index in [9.17, 15) is 4.79 Å². The summed E-state index contributed by atoms with van der Waals surface area (Å²) in [5.74, 6) is 0.888. The summed E-state index contributed by atoms with van der Waals surface area (Å²) in [6.07, 6.45) is 1.46. The fourth-order valence-corrected chi connectivity index (χ4v) is 2.14. The minimum atomic E-state index is -0.0917. The SMILES string of the molecule is Cc1cc(NC(=O)CSc2ncnn2C)n(C)n1. The van der Waals surface area contributed by atoms with E-state index >= 15 is 0 Å². The monoisotopic (exact) mass is 266 g/mol. The highest BCUT2D eigenvalue weighted by molar-refractivity contribution is 7.99. The predicted octanol–water partition coefficient (Wildman–Crippen LogP) is 0.588. The van der Waals surface area contributed by atoms with E-state index in [1.165, 1.54) is 18.1 Å². The Morgan fingerprint density at radius 2 is 2.22 bits per heavy atom. The number of aromatic nitrogens is 5. The van der Waals surface area contributed by atoms with E-state index in [1.807, 2.05) is 13.0 Å². The third-order valence-electron chi connectivity index (χ3n) is 2.27. The van der Waals surface area contributed by atoms with Crippen LogP contribution >= 0.6 is 11.8 Å². The van der Waals surface area contributed by atoms with Gasteiger partial charge in [0, 0.05) is 20.2 Å². The molecule has 0 aliphatic heterocycles. The first-order valence-electron chi connectivity index (χ1n) is 5.33. The maximum absolute atomic E-state index is 11.7. The van der Waals surface area contributed by atoms with Gasteiger partial charge < -0.3 is 5.32 Å². The van der Waals surface area contributed by atoms with Crippen molar-refractivity contribution in [1.29, 1.82) is 0 Å². The number of nitrogens with one attached hydrogen (secondary N) is 1. The average Bonchev–Trinajstić information content (AvgIpc) is 2.83. The Morgan fingerprint density at radius 1 is 1.44 bits per heavy atom.